The van der Waals surface area contributed by atoms with E-state index in [1.54, 1.807) is 0 Å². The first-order chi connectivity index (χ1) is 10.1. The van der Waals surface area contributed by atoms with Gasteiger partial charge in [0.1, 0.15) is 0 Å². The molecule has 2 unspecified atom stereocenters. The molecule has 4 aliphatic rings. The van der Waals surface area contributed by atoms with E-state index in [-0.39, 0.29) is 11.5 Å². The van der Waals surface area contributed by atoms with E-state index >= 15 is 0 Å². The number of fused-ring (bicyclic) bond motifs is 5. The topological polar surface area (TPSA) is 29.4 Å². The lowest BCUT2D eigenvalue weighted by Crippen LogP contribution is -2.56. The van der Waals surface area contributed by atoms with E-state index in [1.807, 2.05) is 0 Å². The van der Waals surface area contributed by atoms with Crippen LogP contribution in [-0.4, -0.2) is 6.04 Å². The van der Waals surface area contributed by atoms with Crippen molar-refractivity contribution in [3.63, 3.8) is 0 Å². The van der Waals surface area contributed by atoms with Crippen molar-refractivity contribution in [1.29, 1.82) is 0 Å². The van der Waals surface area contributed by atoms with Gasteiger partial charge in [-0.15, -0.1) is 0 Å². The van der Waals surface area contributed by atoms with Gasteiger partial charge in [-0.05, 0) is 85.9 Å². The molecule has 21 heavy (non-hydrogen) atoms. The van der Waals surface area contributed by atoms with Crippen LogP contribution < -0.4 is 0 Å². The summed E-state index contributed by atoms with van der Waals surface area (Å²) < 4.78 is 0. The van der Waals surface area contributed by atoms with E-state index in [0.29, 0.717) is 5.41 Å². The van der Waals surface area contributed by atoms with Gasteiger partial charge in [-0.2, -0.15) is 4.91 Å². The summed E-state index contributed by atoms with van der Waals surface area (Å²) in [6, 6.07) is 0.106. The molecular weight excluding hydrogens is 258 g/mol. The first-order valence-corrected chi connectivity index (χ1v) is 9.42. The number of rotatable bonds is 1. The summed E-state index contributed by atoms with van der Waals surface area (Å²) in [5.41, 5.74) is 0.857. The van der Waals surface area contributed by atoms with Gasteiger partial charge >= 0.3 is 0 Å². The minimum absolute atomic E-state index is 0.106. The average molecular weight is 289 g/mol. The minimum Gasteiger partial charge on any atom is -0.150 e. The Bertz CT molecular complexity index is 435. The predicted molar refractivity (Wildman–Crippen MR) is 85.9 cm³/mol. The van der Waals surface area contributed by atoms with Gasteiger partial charge in [0.2, 0.25) is 0 Å². The molecule has 0 saturated heterocycles. The highest BCUT2D eigenvalue weighted by atomic mass is 16.3. The third kappa shape index (κ3) is 1.83. The van der Waals surface area contributed by atoms with Crippen molar-refractivity contribution < 1.29 is 0 Å². The highest BCUT2D eigenvalue weighted by Gasteiger charge is 2.60. The summed E-state index contributed by atoms with van der Waals surface area (Å²) in [5, 5.41) is 3.65. The second-order valence-corrected chi connectivity index (χ2v) is 9.15. The summed E-state index contributed by atoms with van der Waals surface area (Å²) in [6.07, 6.45) is 13.6. The zero-order chi connectivity index (χ0) is 14.7. The first kappa shape index (κ1) is 14.2. The molecule has 4 saturated carbocycles. The van der Waals surface area contributed by atoms with Crippen LogP contribution in [-0.2, 0) is 0 Å². The summed E-state index contributed by atoms with van der Waals surface area (Å²) in [4.78, 5) is 11.5. The first-order valence-electron chi connectivity index (χ1n) is 9.42. The second kappa shape index (κ2) is 4.80. The van der Waals surface area contributed by atoms with Crippen molar-refractivity contribution in [2.24, 2.45) is 39.7 Å². The molecule has 0 aromatic carbocycles. The fourth-order valence-corrected chi connectivity index (χ4v) is 7.47. The largest absolute Gasteiger partial charge is 0.150 e. The monoisotopic (exact) mass is 289 g/mol. The Hall–Kier alpha value is -0.400. The van der Waals surface area contributed by atoms with E-state index in [4.69, 9.17) is 0 Å². The van der Waals surface area contributed by atoms with Gasteiger partial charge in [0.05, 0.1) is 6.04 Å². The minimum atomic E-state index is 0.106. The zero-order valence-corrected chi connectivity index (χ0v) is 13.8. The molecule has 0 bridgehead atoms. The molecule has 0 aromatic rings. The molecule has 4 rings (SSSR count). The van der Waals surface area contributed by atoms with Crippen LogP contribution >= 0.6 is 0 Å². The zero-order valence-electron chi connectivity index (χ0n) is 13.8. The van der Waals surface area contributed by atoms with E-state index in [0.717, 1.165) is 30.1 Å². The van der Waals surface area contributed by atoms with Crippen molar-refractivity contribution in [3.8, 4) is 0 Å². The fourth-order valence-electron chi connectivity index (χ4n) is 7.47. The highest BCUT2D eigenvalue weighted by Crippen LogP contribution is 2.66. The fraction of sp³-hybridized carbons (Fsp3) is 1.00. The molecular formula is C19H31NO. The van der Waals surface area contributed by atoms with Crippen LogP contribution in [0.5, 0.6) is 0 Å². The van der Waals surface area contributed by atoms with Crippen molar-refractivity contribution in [1.82, 2.24) is 0 Å². The molecule has 0 amide bonds. The third-order valence-corrected chi connectivity index (χ3v) is 8.62. The molecule has 0 aromatic heterocycles. The molecule has 118 valence electrons. The summed E-state index contributed by atoms with van der Waals surface area (Å²) >= 11 is 0. The van der Waals surface area contributed by atoms with Gasteiger partial charge in [0, 0.05) is 0 Å². The summed E-state index contributed by atoms with van der Waals surface area (Å²) in [5.74, 6) is 3.41. The van der Waals surface area contributed by atoms with Crippen LogP contribution in [0, 0.1) is 39.4 Å². The average Bonchev–Trinajstić information content (AvgIpc) is 2.88. The van der Waals surface area contributed by atoms with Crippen LogP contribution in [0.1, 0.15) is 78.1 Å². The Morgan fingerprint density at radius 2 is 1.71 bits per heavy atom. The number of hydrogen-bond acceptors (Lipinski definition) is 2. The Morgan fingerprint density at radius 3 is 2.52 bits per heavy atom. The smallest absolute Gasteiger partial charge is 0.0978 e. The van der Waals surface area contributed by atoms with Crippen molar-refractivity contribution >= 4 is 0 Å². The third-order valence-electron chi connectivity index (χ3n) is 8.62. The van der Waals surface area contributed by atoms with E-state index in [1.165, 1.54) is 57.8 Å². The van der Waals surface area contributed by atoms with E-state index in [9.17, 15) is 4.91 Å². The molecule has 2 nitrogen and oxygen atoms in total. The highest BCUT2D eigenvalue weighted by molar-refractivity contribution is 5.10. The number of nitrogens with zero attached hydrogens (tertiary/aromatic N) is 1. The maximum absolute atomic E-state index is 11.5. The Kier molecular flexibility index (Phi) is 3.25. The van der Waals surface area contributed by atoms with Crippen molar-refractivity contribution in [3.05, 3.63) is 4.91 Å². The van der Waals surface area contributed by atoms with Crippen LogP contribution in [0.25, 0.3) is 0 Å². The Labute approximate surface area is 129 Å². The molecule has 0 N–H and O–H groups in total. The molecule has 2 heteroatoms. The van der Waals surface area contributed by atoms with Gasteiger partial charge < -0.3 is 0 Å². The molecule has 0 heterocycles. The van der Waals surface area contributed by atoms with Gasteiger partial charge in [-0.25, -0.2) is 0 Å². The SMILES string of the molecule is C[C@@]12CCC[C@H]1[C@@H]1CCC3CCCC(N=O)[C@]3(C)[C@@H]1CC2. The van der Waals surface area contributed by atoms with E-state index in [2.05, 4.69) is 19.0 Å². The quantitative estimate of drug-likeness (QED) is 0.581. The molecule has 4 fully saturated rings. The number of hydrogen-bond donors (Lipinski definition) is 0. The van der Waals surface area contributed by atoms with Gasteiger partial charge in [0.15, 0.2) is 0 Å². The molecule has 0 spiro atoms. The maximum atomic E-state index is 11.5. The molecule has 0 radical (unpaired) electrons. The lowest BCUT2D eigenvalue weighted by molar-refractivity contribution is -0.112. The molecule has 0 aliphatic heterocycles. The second-order valence-electron chi connectivity index (χ2n) is 9.15. The van der Waals surface area contributed by atoms with E-state index < -0.39 is 0 Å². The van der Waals surface area contributed by atoms with Crippen LogP contribution in [0.3, 0.4) is 0 Å². The Morgan fingerprint density at radius 1 is 0.857 bits per heavy atom. The van der Waals surface area contributed by atoms with Crippen LogP contribution in [0.2, 0.25) is 0 Å². The van der Waals surface area contributed by atoms with Gasteiger partial charge in [0.25, 0.3) is 0 Å². The normalized spacial score (nSPS) is 56.2. The van der Waals surface area contributed by atoms with Crippen molar-refractivity contribution in [2.45, 2.75) is 84.1 Å². The predicted octanol–water partition coefficient (Wildman–Crippen LogP) is 5.55. The standard InChI is InChI=1S/C19H31NO/c1-18-11-4-6-15(18)14-9-8-13-5-3-7-17(20-21)19(13,2)16(14)10-12-18/h13-17H,3-12H2,1-2H3/t13?,14-,15-,16+,17?,18-,19-/m0/s1. The summed E-state index contributed by atoms with van der Waals surface area (Å²) in [6.45, 7) is 5.02. The maximum Gasteiger partial charge on any atom is 0.0978 e. The van der Waals surface area contributed by atoms with Crippen LogP contribution in [0.15, 0.2) is 5.18 Å². The lowest BCUT2D eigenvalue weighted by Gasteiger charge is -2.61. The van der Waals surface area contributed by atoms with Crippen LogP contribution in [0.4, 0.5) is 0 Å². The molecule has 4 aliphatic carbocycles. The van der Waals surface area contributed by atoms with Gasteiger partial charge in [-0.1, -0.05) is 31.9 Å². The number of nitroso groups, excluding NO2 is 1. The van der Waals surface area contributed by atoms with Crippen molar-refractivity contribution in [2.75, 3.05) is 0 Å². The van der Waals surface area contributed by atoms with Gasteiger partial charge in [-0.3, -0.25) is 0 Å². The molecule has 7 atom stereocenters. The lowest BCUT2D eigenvalue weighted by atomic mass is 9.44. The summed E-state index contributed by atoms with van der Waals surface area (Å²) in [7, 11) is 0. The Balaban J connectivity index is 1.69.